The molecule has 0 spiro atoms. The van der Waals surface area contributed by atoms with Crippen LogP contribution in [-0.2, 0) is 4.74 Å². The summed E-state index contributed by atoms with van der Waals surface area (Å²) in [6, 6.07) is 11.7. The minimum absolute atomic E-state index is 0.0567. The quantitative estimate of drug-likeness (QED) is 0.767. The van der Waals surface area contributed by atoms with E-state index in [4.69, 9.17) is 4.74 Å². The van der Waals surface area contributed by atoms with E-state index in [1.807, 2.05) is 42.6 Å². The number of aromatic amines is 1. The third kappa shape index (κ3) is 3.28. The Labute approximate surface area is 146 Å². The molecule has 1 aliphatic heterocycles. The van der Waals surface area contributed by atoms with Crippen molar-refractivity contribution in [2.45, 2.75) is 18.9 Å². The van der Waals surface area contributed by atoms with Crippen molar-refractivity contribution in [1.29, 1.82) is 0 Å². The van der Waals surface area contributed by atoms with Gasteiger partial charge in [-0.2, -0.15) is 0 Å². The van der Waals surface area contributed by atoms with Crippen molar-refractivity contribution in [2.75, 3.05) is 13.2 Å². The van der Waals surface area contributed by atoms with E-state index in [1.165, 1.54) is 0 Å². The van der Waals surface area contributed by atoms with Crippen LogP contribution in [-0.4, -0.2) is 29.1 Å². The lowest BCUT2D eigenvalue weighted by molar-refractivity contribution is 0.0514. The standard InChI is InChI=1S/C20H21N3O2/c24-20(17-13-22-18-6-2-1-5-16(17)18)23-19(14-7-10-25-11-8-14)15-4-3-9-21-12-15/h1-6,9,12-14,19,22H,7-8,10-11H2,(H,23,24)/t19-/m0/s1. The molecule has 5 nitrogen and oxygen atoms in total. The van der Waals surface area contributed by atoms with Gasteiger partial charge in [-0.25, -0.2) is 0 Å². The van der Waals surface area contributed by atoms with Gasteiger partial charge >= 0.3 is 0 Å². The molecule has 1 saturated heterocycles. The summed E-state index contributed by atoms with van der Waals surface area (Å²) in [5.41, 5.74) is 2.69. The van der Waals surface area contributed by atoms with Crippen LogP contribution < -0.4 is 5.32 Å². The lowest BCUT2D eigenvalue weighted by Crippen LogP contribution is -2.36. The fourth-order valence-electron chi connectivity index (χ4n) is 3.56. The summed E-state index contributed by atoms with van der Waals surface area (Å²) in [5.74, 6) is 0.296. The van der Waals surface area contributed by atoms with E-state index in [-0.39, 0.29) is 11.9 Å². The number of hydrogen-bond donors (Lipinski definition) is 2. The maximum atomic E-state index is 13.0. The molecule has 1 amide bonds. The normalized spacial score (nSPS) is 16.6. The Kier molecular flexibility index (Phi) is 4.48. The second-order valence-electron chi connectivity index (χ2n) is 6.44. The summed E-state index contributed by atoms with van der Waals surface area (Å²) >= 11 is 0. The second-order valence-corrected chi connectivity index (χ2v) is 6.44. The second kappa shape index (κ2) is 7.07. The van der Waals surface area contributed by atoms with Crippen molar-refractivity contribution < 1.29 is 9.53 Å². The summed E-state index contributed by atoms with van der Waals surface area (Å²) in [7, 11) is 0. The molecular formula is C20H21N3O2. The number of carbonyl (C=O) groups excluding carboxylic acids is 1. The van der Waals surface area contributed by atoms with Crippen molar-refractivity contribution in [1.82, 2.24) is 15.3 Å². The van der Waals surface area contributed by atoms with Gasteiger partial charge in [-0.15, -0.1) is 0 Å². The van der Waals surface area contributed by atoms with Gasteiger partial charge in [0.25, 0.3) is 5.91 Å². The molecule has 4 rings (SSSR count). The van der Waals surface area contributed by atoms with Crippen molar-refractivity contribution >= 4 is 16.8 Å². The van der Waals surface area contributed by atoms with Gasteiger partial charge in [-0.3, -0.25) is 9.78 Å². The minimum atomic E-state index is -0.0576. The van der Waals surface area contributed by atoms with E-state index in [1.54, 1.807) is 12.4 Å². The Morgan fingerprint density at radius 1 is 1.20 bits per heavy atom. The number of carbonyl (C=O) groups is 1. The molecule has 5 heteroatoms. The molecule has 25 heavy (non-hydrogen) atoms. The van der Waals surface area contributed by atoms with Gasteiger partial charge in [0.2, 0.25) is 0 Å². The van der Waals surface area contributed by atoms with E-state index >= 15 is 0 Å². The fourth-order valence-corrected chi connectivity index (χ4v) is 3.56. The van der Waals surface area contributed by atoms with Gasteiger partial charge < -0.3 is 15.0 Å². The molecule has 1 aliphatic rings. The van der Waals surface area contributed by atoms with E-state index in [9.17, 15) is 4.79 Å². The number of H-pyrrole nitrogens is 1. The van der Waals surface area contributed by atoms with E-state index in [2.05, 4.69) is 15.3 Å². The van der Waals surface area contributed by atoms with Crippen LogP contribution in [0.25, 0.3) is 10.9 Å². The lowest BCUT2D eigenvalue weighted by atomic mass is 9.87. The van der Waals surface area contributed by atoms with Crippen LogP contribution in [0.15, 0.2) is 55.0 Å². The number of fused-ring (bicyclic) bond motifs is 1. The maximum Gasteiger partial charge on any atom is 0.253 e. The Balaban J connectivity index is 1.62. The highest BCUT2D eigenvalue weighted by atomic mass is 16.5. The Bertz CT molecular complexity index is 854. The SMILES string of the molecule is O=C(N[C@H](c1cccnc1)C1CCOCC1)c1c[nH]c2ccccc12. The zero-order valence-electron chi connectivity index (χ0n) is 13.9. The summed E-state index contributed by atoms with van der Waals surface area (Å²) in [6.45, 7) is 1.48. The Hall–Kier alpha value is -2.66. The molecule has 2 aromatic heterocycles. The smallest absolute Gasteiger partial charge is 0.253 e. The van der Waals surface area contributed by atoms with Crippen molar-refractivity contribution in [3.63, 3.8) is 0 Å². The third-order valence-electron chi connectivity index (χ3n) is 4.90. The highest BCUT2D eigenvalue weighted by Crippen LogP contribution is 2.30. The maximum absolute atomic E-state index is 13.0. The predicted molar refractivity (Wildman–Crippen MR) is 96.3 cm³/mol. The Morgan fingerprint density at radius 2 is 2.04 bits per heavy atom. The molecule has 128 valence electrons. The molecule has 0 saturated carbocycles. The average Bonchev–Trinajstić information content (AvgIpc) is 3.11. The number of benzene rings is 1. The summed E-state index contributed by atoms with van der Waals surface area (Å²) < 4.78 is 5.49. The van der Waals surface area contributed by atoms with Crippen molar-refractivity contribution in [3.8, 4) is 0 Å². The first-order valence-electron chi connectivity index (χ1n) is 8.67. The number of rotatable bonds is 4. The minimum Gasteiger partial charge on any atom is -0.381 e. The zero-order valence-corrected chi connectivity index (χ0v) is 13.9. The van der Waals surface area contributed by atoms with Crippen LogP contribution in [0.5, 0.6) is 0 Å². The zero-order chi connectivity index (χ0) is 17.1. The van der Waals surface area contributed by atoms with Crippen LogP contribution in [0.4, 0.5) is 0 Å². The van der Waals surface area contributed by atoms with Crippen molar-refractivity contribution in [2.24, 2.45) is 5.92 Å². The number of para-hydroxylation sites is 1. The molecule has 1 fully saturated rings. The number of nitrogens with zero attached hydrogens (tertiary/aromatic N) is 1. The van der Waals surface area contributed by atoms with Gasteiger partial charge in [0, 0.05) is 42.7 Å². The summed E-state index contributed by atoms with van der Waals surface area (Å²) in [4.78, 5) is 20.4. The van der Waals surface area contributed by atoms with E-state index in [0.717, 1.165) is 42.5 Å². The topological polar surface area (TPSA) is 67.0 Å². The molecule has 0 aliphatic carbocycles. The monoisotopic (exact) mass is 335 g/mol. The van der Waals surface area contributed by atoms with Crippen LogP contribution in [0.2, 0.25) is 0 Å². The Morgan fingerprint density at radius 3 is 2.84 bits per heavy atom. The fraction of sp³-hybridized carbons (Fsp3) is 0.300. The van der Waals surface area contributed by atoms with Crippen LogP contribution >= 0.6 is 0 Å². The third-order valence-corrected chi connectivity index (χ3v) is 4.90. The average molecular weight is 335 g/mol. The number of ether oxygens (including phenoxy) is 1. The number of nitrogens with one attached hydrogen (secondary N) is 2. The molecular weight excluding hydrogens is 314 g/mol. The van der Waals surface area contributed by atoms with E-state index in [0.29, 0.717) is 11.5 Å². The number of pyridine rings is 1. The molecule has 3 heterocycles. The number of hydrogen-bond acceptors (Lipinski definition) is 3. The first-order chi connectivity index (χ1) is 12.3. The van der Waals surface area contributed by atoms with Crippen LogP contribution in [0, 0.1) is 5.92 Å². The lowest BCUT2D eigenvalue weighted by Gasteiger charge is -2.31. The summed E-state index contributed by atoms with van der Waals surface area (Å²) in [6.07, 6.45) is 7.26. The van der Waals surface area contributed by atoms with Gasteiger partial charge in [-0.1, -0.05) is 24.3 Å². The molecule has 1 atom stereocenters. The largest absolute Gasteiger partial charge is 0.381 e. The molecule has 0 unspecified atom stereocenters. The first kappa shape index (κ1) is 15.8. The van der Waals surface area contributed by atoms with Crippen molar-refractivity contribution in [3.05, 3.63) is 66.1 Å². The number of amides is 1. The highest BCUT2D eigenvalue weighted by molar-refractivity contribution is 6.06. The predicted octanol–water partition coefficient (Wildman–Crippen LogP) is 3.46. The molecule has 0 radical (unpaired) electrons. The molecule has 3 aromatic rings. The molecule has 2 N–H and O–H groups in total. The molecule has 1 aromatic carbocycles. The van der Waals surface area contributed by atoms with Crippen LogP contribution in [0.3, 0.4) is 0 Å². The van der Waals surface area contributed by atoms with E-state index < -0.39 is 0 Å². The number of aromatic nitrogens is 2. The van der Waals surface area contributed by atoms with Gasteiger partial charge in [0.1, 0.15) is 0 Å². The van der Waals surface area contributed by atoms with Gasteiger partial charge in [-0.05, 0) is 36.5 Å². The molecule has 0 bridgehead atoms. The first-order valence-corrected chi connectivity index (χ1v) is 8.67. The van der Waals surface area contributed by atoms with Gasteiger partial charge in [0.15, 0.2) is 0 Å². The summed E-state index contributed by atoms with van der Waals surface area (Å²) in [5, 5.41) is 4.18. The highest BCUT2D eigenvalue weighted by Gasteiger charge is 2.28. The van der Waals surface area contributed by atoms with Gasteiger partial charge in [0.05, 0.1) is 11.6 Å². The van der Waals surface area contributed by atoms with Crippen LogP contribution in [0.1, 0.15) is 34.8 Å².